The van der Waals surface area contributed by atoms with Crippen LogP contribution in [-0.2, 0) is 0 Å². The van der Waals surface area contributed by atoms with Gasteiger partial charge in [-0.25, -0.2) is 0 Å². The van der Waals surface area contributed by atoms with Crippen LogP contribution >= 0.6 is 12.6 Å². The van der Waals surface area contributed by atoms with Gasteiger partial charge in [-0.1, -0.05) is 155 Å². The zero-order chi connectivity index (χ0) is 18.8. The molecule has 0 bridgehead atoms. The van der Waals surface area contributed by atoms with Crippen molar-refractivity contribution in [3.8, 4) is 5.40 Å². The molecule has 0 aliphatic rings. The lowest BCUT2D eigenvalue weighted by molar-refractivity contribution is 0.523. The Hall–Kier alpha value is -0.160. The predicted molar refractivity (Wildman–Crippen MR) is 118 cm³/mol. The molecule has 0 spiro atoms. The van der Waals surface area contributed by atoms with Gasteiger partial charge in [-0.3, -0.25) is 0 Å². The Morgan fingerprint density at radius 2 is 0.560 bits per heavy atom. The third kappa shape index (κ3) is 32.0. The van der Waals surface area contributed by atoms with Gasteiger partial charge in [0.05, 0.1) is 0 Å². The highest BCUT2D eigenvalue weighted by atomic mass is 32.1. The van der Waals surface area contributed by atoms with Gasteiger partial charge in [0.15, 0.2) is 0 Å². The molecule has 0 aromatic carbocycles. The van der Waals surface area contributed by atoms with Crippen molar-refractivity contribution in [2.24, 2.45) is 0 Å². The molecule has 0 heterocycles. The summed E-state index contributed by atoms with van der Waals surface area (Å²) in [5.74, 6) is 0. The molecule has 1 nitrogen and oxygen atoms in total. The fourth-order valence-electron chi connectivity index (χ4n) is 3.33. The van der Waals surface area contributed by atoms with Crippen molar-refractivity contribution in [2.45, 2.75) is 142 Å². The van der Waals surface area contributed by atoms with Crippen LogP contribution in [-0.4, -0.2) is 0 Å². The maximum atomic E-state index is 7.18. The first-order chi connectivity index (χ1) is 12.3. The third-order valence-corrected chi connectivity index (χ3v) is 4.96. The van der Waals surface area contributed by atoms with E-state index in [1.54, 1.807) is 0 Å². The summed E-state index contributed by atoms with van der Waals surface area (Å²) in [4.78, 5) is 0. The van der Waals surface area contributed by atoms with E-state index in [1.807, 2.05) is 0 Å². The van der Waals surface area contributed by atoms with E-state index in [1.165, 1.54) is 134 Å². The average Bonchev–Trinajstić information content (AvgIpc) is 2.61. The third-order valence-electron chi connectivity index (χ3n) is 4.96. The highest BCUT2D eigenvalue weighted by molar-refractivity contribution is 7.85. The van der Waals surface area contributed by atoms with E-state index in [0.29, 0.717) is 0 Å². The van der Waals surface area contributed by atoms with Crippen LogP contribution in [0.2, 0.25) is 0 Å². The summed E-state index contributed by atoms with van der Waals surface area (Å²) in [5.41, 5.74) is 0. The average molecular weight is 370 g/mol. The topological polar surface area (TPSA) is 23.8 Å². The molecule has 2 heteroatoms. The first-order valence-electron chi connectivity index (χ1n) is 11.4. The molecule has 0 atom stereocenters. The number of nitrogens with zero attached hydrogens (tertiary/aromatic N) is 1. The maximum Gasteiger partial charge on any atom is 0.130 e. The van der Waals surface area contributed by atoms with Gasteiger partial charge in [-0.2, -0.15) is 5.26 Å². The minimum absolute atomic E-state index is 1.37. The van der Waals surface area contributed by atoms with Crippen molar-refractivity contribution in [1.82, 2.24) is 0 Å². The molecule has 0 radical (unpaired) electrons. The van der Waals surface area contributed by atoms with Crippen molar-refractivity contribution in [3.05, 3.63) is 0 Å². The molecule has 0 aliphatic carbocycles. The molecule has 0 aliphatic heterocycles. The number of nitriles is 1. The SMILES string of the molecule is CCCCCCCCCCCCCCCCCCCCCC.N#CS. The molecule has 0 saturated carbocycles. The minimum atomic E-state index is 1.37. The fraction of sp³-hybridized carbons (Fsp3) is 0.957. The van der Waals surface area contributed by atoms with E-state index >= 15 is 0 Å². The van der Waals surface area contributed by atoms with Gasteiger partial charge < -0.3 is 0 Å². The highest BCUT2D eigenvalue weighted by Crippen LogP contribution is 2.14. The normalized spacial score (nSPS) is 10.2. The number of thiol groups is 1. The molecular formula is C23H47NS. The lowest BCUT2D eigenvalue weighted by Crippen LogP contribution is -1.84. The molecule has 25 heavy (non-hydrogen) atoms. The molecule has 150 valence electrons. The van der Waals surface area contributed by atoms with Gasteiger partial charge in [0.1, 0.15) is 5.40 Å². The van der Waals surface area contributed by atoms with Crippen LogP contribution in [0, 0.1) is 10.7 Å². The van der Waals surface area contributed by atoms with Crippen LogP contribution in [0.1, 0.15) is 142 Å². The summed E-state index contributed by atoms with van der Waals surface area (Å²) >= 11 is 3.09. The van der Waals surface area contributed by atoms with Crippen molar-refractivity contribution in [3.63, 3.8) is 0 Å². The first-order valence-corrected chi connectivity index (χ1v) is 11.8. The van der Waals surface area contributed by atoms with Crippen LogP contribution in [0.15, 0.2) is 0 Å². The lowest BCUT2D eigenvalue weighted by atomic mass is 10.0. The summed E-state index contributed by atoms with van der Waals surface area (Å²) in [6.07, 6.45) is 29.4. The Morgan fingerprint density at radius 1 is 0.440 bits per heavy atom. The molecule has 0 unspecified atom stereocenters. The predicted octanol–water partition coefficient (Wildman–Crippen LogP) is 9.23. The van der Waals surface area contributed by atoms with Crippen LogP contribution in [0.5, 0.6) is 0 Å². The Labute approximate surface area is 165 Å². The molecule has 0 aromatic heterocycles. The Morgan fingerprint density at radius 3 is 0.680 bits per heavy atom. The molecule has 0 saturated heterocycles. The van der Waals surface area contributed by atoms with Gasteiger partial charge >= 0.3 is 0 Å². The Bertz CT molecular complexity index is 227. The summed E-state index contributed by atoms with van der Waals surface area (Å²) in [7, 11) is 0. The van der Waals surface area contributed by atoms with Crippen molar-refractivity contribution >= 4 is 12.6 Å². The van der Waals surface area contributed by atoms with Crippen LogP contribution < -0.4 is 0 Å². The number of hydrogen-bond donors (Lipinski definition) is 1. The largest absolute Gasteiger partial charge is 0.185 e. The smallest absolute Gasteiger partial charge is 0.130 e. The van der Waals surface area contributed by atoms with Crippen LogP contribution in [0.3, 0.4) is 0 Å². The minimum Gasteiger partial charge on any atom is -0.185 e. The summed E-state index contributed by atoms with van der Waals surface area (Å²) in [6, 6.07) is 0. The van der Waals surface area contributed by atoms with Crippen molar-refractivity contribution < 1.29 is 0 Å². The van der Waals surface area contributed by atoms with Gasteiger partial charge in [0.25, 0.3) is 0 Å². The summed E-state index contributed by atoms with van der Waals surface area (Å²) in [6.45, 7) is 4.60. The number of hydrogen-bond acceptors (Lipinski definition) is 2. The van der Waals surface area contributed by atoms with Gasteiger partial charge in [-0.05, 0) is 0 Å². The standard InChI is InChI=1S/C22H46.CHNS/c1-3-5-7-9-11-13-15-17-19-21-22-20-18-16-14-12-10-8-6-4-2;2-1-3/h3-22H2,1-2H3;3H. The van der Waals surface area contributed by atoms with E-state index in [0.717, 1.165) is 0 Å². The van der Waals surface area contributed by atoms with Crippen LogP contribution in [0.4, 0.5) is 0 Å². The molecule has 0 rings (SSSR count). The van der Waals surface area contributed by atoms with E-state index in [9.17, 15) is 0 Å². The summed E-state index contributed by atoms with van der Waals surface area (Å²) < 4.78 is 0. The molecular weight excluding hydrogens is 322 g/mol. The van der Waals surface area contributed by atoms with Gasteiger partial charge in [-0.15, -0.1) is 0 Å². The van der Waals surface area contributed by atoms with E-state index in [4.69, 9.17) is 5.26 Å². The number of thiocyanates is 1. The quantitative estimate of drug-likeness (QED) is 0.137. The molecule has 0 aromatic rings. The first kappa shape index (κ1) is 27.1. The second-order valence-electron chi connectivity index (χ2n) is 7.46. The van der Waals surface area contributed by atoms with Crippen molar-refractivity contribution in [1.29, 1.82) is 5.26 Å². The zero-order valence-electron chi connectivity index (χ0n) is 17.5. The van der Waals surface area contributed by atoms with Gasteiger partial charge in [0, 0.05) is 0 Å². The summed E-state index contributed by atoms with van der Waals surface area (Å²) in [5, 5.41) is 8.63. The zero-order valence-corrected chi connectivity index (χ0v) is 18.4. The van der Waals surface area contributed by atoms with Gasteiger partial charge in [0.2, 0.25) is 0 Å². The second-order valence-corrected chi connectivity index (χ2v) is 7.66. The Balaban J connectivity index is 0. The molecule has 0 amide bonds. The number of rotatable bonds is 19. The number of unbranched alkanes of at least 4 members (excludes halogenated alkanes) is 19. The van der Waals surface area contributed by atoms with Crippen molar-refractivity contribution in [2.75, 3.05) is 0 Å². The van der Waals surface area contributed by atoms with E-state index < -0.39 is 0 Å². The fourth-order valence-corrected chi connectivity index (χ4v) is 3.33. The maximum absolute atomic E-state index is 7.18. The second kappa shape index (κ2) is 28.6. The monoisotopic (exact) mass is 369 g/mol. The van der Waals surface area contributed by atoms with E-state index in [-0.39, 0.29) is 0 Å². The van der Waals surface area contributed by atoms with Crippen LogP contribution in [0.25, 0.3) is 0 Å². The molecule has 0 fully saturated rings. The Kier molecular flexibility index (Phi) is 31.0. The lowest BCUT2D eigenvalue weighted by Gasteiger charge is -2.03. The molecule has 0 N–H and O–H groups in total. The van der Waals surface area contributed by atoms with E-state index in [2.05, 4.69) is 26.5 Å². The highest BCUT2D eigenvalue weighted by Gasteiger charge is 1.94.